The number of nitrogens with one attached hydrogen (secondary N) is 1. The summed E-state index contributed by atoms with van der Waals surface area (Å²) in [5.41, 5.74) is -0.970. The zero-order chi connectivity index (χ0) is 16.7. The van der Waals surface area contributed by atoms with E-state index in [1.165, 1.54) is 19.9 Å². The lowest BCUT2D eigenvalue weighted by molar-refractivity contribution is -0.0778. The van der Waals surface area contributed by atoms with Crippen LogP contribution in [0.4, 0.5) is 0 Å². The lowest BCUT2D eigenvalue weighted by Crippen LogP contribution is -2.45. The molecule has 120 valence electrons. The molecule has 7 nitrogen and oxygen atoms in total. The van der Waals surface area contributed by atoms with Crippen molar-refractivity contribution in [3.05, 3.63) is 32.6 Å². The number of aliphatic hydroxyl groups is 2. The van der Waals surface area contributed by atoms with Gasteiger partial charge in [0.25, 0.3) is 5.56 Å². The zero-order valence-electron chi connectivity index (χ0n) is 12.3. The third kappa shape index (κ3) is 2.59. The molecular formula is C14H17ClN2O5. The molecule has 1 aliphatic heterocycles. The molecule has 0 amide bonds. The molecule has 0 bridgehead atoms. The topological polar surface area (TPSA) is 105 Å². The number of alkyl halides is 1. The minimum absolute atomic E-state index is 0.306. The average molecular weight is 329 g/mol. The highest BCUT2D eigenvalue weighted by molar-refractivity contribution is 6.27. The van der Waals surface area contributed by atoms with Crippen molar-refractivity contribution >= 4 is 11.6 Å². The number of hydrogen-bond donors (Lipinski definition) is 3. The summed E-state index contributed by atoms with van der Waals surface area (Å²) in [4.78, 5) is 23.9. The molecule has 0 saturated carbocycles. The van der Waals surface area contributed by atoms with Crippen LogP contribution < -0.4 is 11.2 Å². The lowest BCUT2D eigenvalue weighted by atomic mass is 9.96. The number of rotatable bonds is 2. The fourth-order valence-corrected chi connectivity index (χ4v) is 2.94. The Morgan fingerprint density at radius 1 is 1.55 bits per heavy atom. The van der Waals surface area contributed by atoms with E-state index in [1.807, 2.05) is 0 Å². The third-order valence-corrected chi connectivity index (χ3v) is 4.09. The summed E-state index contributed by atoms with van der Waals surface area (Å²) in [7, 11) is 0. The molecule has 1 aromatic rings. The van der Waals surface area contributed by atoms with Crippen LogP contribution in [0.3, 0.4) is 0 Å². The van der Waals surface area contributed by atoms with Gasteiger partial charge >= 0.3 is 5.69 Å². The van der Waals surface area contributed by atoms with Crippen molar-refractivity contribution in [1.82, 2.24) is 9.55 Å². The normalized spacial score (nSPS) is 32.4. The van der Waals surface area contributed by atoms with Crippen molar-refractivity contribution in [1.29, 1.82) is 0 Å². The molecule has 3 N–H and O–H groups in total. The summed E-state index contributed by atoms with van der Waals surface area (Å²) < 4.78 is 6.71. The first-order valence-electron chi connectivity index (χ1n) is 6.69. The van der Waals surface area contributed by atoms with Crippen LogP contribution in [0.15, 0.2) is 15.7 Å². The largest absolute Gasteiger partial charge is 0.391 e. The fraction of sp³-hybridized carbons (Fsp3) is 0.571. The van der Waals surface area contributed by atoms with E-state index in [0.717, 1.165) is 4.57 Å². The van der Waals surface area contributed by atoms with Crippen molar-refractivity contribution in [2.75, 3.05) is 0 Å². The molecule has 8 heteroatoms. The Kier molecular flexibility index (Phi) is 4.49. The summed E-state index contributed by atoms with van der Waals surface area (Å²) in [5, 5.41) is 20.1. The van der Waals surface area contributed by atoms with Gasteiger partial charge in [0.1, 0.15) is 12.2 Å². The van der Waals surface area contributed by atoms with E-state index in [2.05, 4.69) is 16.8 Å². The fourth-order valence-electron chi connectivity index (χ4n) is 2.57. The number of H-pyrrole nitrogens is 1. The number of halogens is 1. The quantitative estimate of drug-likeness (QED) is 0.501. The van der Waals surface area contributed by atoms with Crippen molar-refractivity contribution in [3.63, 3.8) is 0 Å². The molecule has 0 aliphatic carbocycles. The molecule has 1 saturated heterocycles. The van der Waals surface area contributed by atoms with Gasteiger partial charge < -0.3 is 14.9 Å². The van der Waals surface area contributed by atoms with Crippen molar-refractivity contribution in [2.45, 2.75) is 50.2 Å². The smallest absolute Gasteiger partial charge is 0.330 e. The number of aryl methyl sites for hydroxylation is 1. The van der Waals surface area contributed by atoms with Gasteiger partial charge in [0.2, 0.25) is 0 Å². The Morgan fingerprint density at radius 3 is 2.68 bits per heavy atom. The van der Waals surface area contributed by atoms with E-state index in [0.29, 0.717) is 5.69 Å². The number of ether oxygens (including phenoxy) is 1. The van der Waals surface area contributed by atoms with Gasteiger partial charge in [0, 0.05) is 11.8 Å². The van der Waals surface area contributed by atoms with Crippen molar-refractivity contribution in [3.8, 4) is 11.8 Å². The van der Waals surface area contributed by atoms with Crippen LogP contribution in [0.25, 0.3) is 0 Å². The second kappa shape index (κ2) is 5.89. The summed E-state index contributed by atoms with van der Waals surface area (Å²) >= 11 is 6.43. The number of hydrogen-bond acceptors (Lipinski definition) is 5. The Hall–Kier alpha value is -1.59. The Morgan fingerprint density at radius 2 is 2.18 bits per heavy atom. The average Bonchev–Trinajstić information content (AvgIpc) is 2.63. The van der Waals surface area contributed by atoms with Crippen molar-refractivity contribution < 1.29 is 14.9 Å². The van der Waals surface area contributed by atoms with Gasteiger partial charge in [-0.25, -0.2) is 4.79 Å². The molecule has 2 rings (SSSR count). The first-order valence-corrected chi connectivity index (χ1v) is 7.07. The van der Waals surface area contributed by atoms with Crippen LogP contribution in [-0.2, 0) is 4.74 Å². The molecule has 1 aromatic heterocycles. The maximum atomic E-state index is 12.1. The predicted octanol–water partition coefficient (Wildman–Crippen LogP) is -0.515. The van der Waals surface area contributed by atoms with Gasteiger partial charge in [-0.2, -0.15) is 0 Å². The van der Waals surface area contributed by atoms with E-state index in [4.69, 9.17) is 16.3 Å². The third-order valence-electron chi connectivity index (χ3n) is 3.58. The molecule has 0 aromatic carbocycles. The molecule has 0 spiro atoms. The first kappa shape index (κ1) is 16.8. The minimum atomic E-state index is -1.62. The number of aromatic nitrogens is 2. The molecule has 5 atom stereocenters. The number of nitrogens with zero attached hydrogens (tertiary/aromatic N) is 1. The highest BCUT2D eigenvalue weighted by atomic mass is 35.5. The maximum Gasteiger partial charge on any atom is 0.330 e. The van der Waals surface area contributed by atoms with Gasteiger partial charge in [-0.3, -0.25) is 14.3 Å². The highest BCUT2D eigenvalue weighted by Gasteiger charge is 2.57. The second-order valence-electron chi connectivity index (χ2n) is 5.23. The van der Waals surface area contributed by atoms with Gasteiger partial charge in [0.15, 0.2) is 11.1 Å². The van der Waals surface area contributed by atoms with Crippen molar-refractivity contribution in [2.24, 2.45) is 0 Å². The van der Waals surface area contributed by atoms with E-state index in [9.17, 15) is 19.8 Å². The Balaban J connectivity index is 2.64. The second-order valence-corrected chi connectivity index (χ2v) is 5.86. The van der Waals surface area contributed by atoms with Gasteiger partial charge in [-0.1, -0.05) is 17.5 Å². The standard InChI is InChI=1S/C14H17ClN2O5/c1-4-5-14(15)11(20)10(8(3)18)22-12(14)17-7(2)6-9(19)16-13(17)21/h6,8,10-12,18,20H,1-3H3,(H,16,19,21)/t8-,10+,11-,12+,14?/m0/s1. The molecule has 0 radical (unpaired) electrons. The van der Waals surface area contributed by atoms with Crippen LogP contribution in [0.1, 0.15) is 25.8 Å². The minimum Gasteiger partial charge on any atom is -0.391 e. The predicted molar refractivity (Wildman–Crippen MR) is 79.7 cm³/mol. The van der Waals surface area contributed by atoms with Crippen LogP contribution >= 0.6 is 11.6 Å². The van der Waals surface area contributed by atoms with Gasteiger partial charge in [0.05, 0.1) is 6.10 Å². The molecule has 2 heterocycles. The first-order chi connectivity index (χ1) is 10.2. The van der Waals surface area contributed by atoms with E-state index < -0.39 is 40.7 Å². The zero-order valence-corrected chi connectivity index (χ0v) is 13.1. The van der Waals surface area contributed by atoms with Crippen LogP contribution in [0, 0.1) is 18.8 Å². The van der Waals surface area contributed by atoms with Crippen LogP contribution in [0.2, 0.25) is 0 Å². The highest BCUT2D eigenvalue weighted by Crippen LogP contribution is 2.43. The van der Waals surface area contributed by atoms with Crippen LogP contribution in [0.5, 0.6) is 0 Å². The number of aromatic amines is 1. The summed E-state index contributed by atoms with van der Waals surface area (Å²) in [6.07, 6.45) is -4.50. The molecular weight excluding hydrogens is 312 g/mol. The SMILES string of the molecule is CC#CC1(Cl)[C@@H](O)[C@@H]([C@H](C)O)O[C@H]1n1c(C)cc(=O)[nH]c1=O. The Bertz CT molecular complexity index is 744. The van der Waals surface area contributed by atoms with E-state index in [1.54, 1.807) is 6.92 Å². The molecule has 1 aliphatic rings. The monoisotopic (exact) mass is 328 g/mol. The Labute approximate surface area is 131 Å². The summed E-state index contributed by atoms with van der Waals surface area (Å²) in [5.74, 6) is 5.25. The number of aliphatic hydroxyl groups excluding tert-OH is 2. The van der Waals surface area contributed by atoms with Crippen LogP contribution in [-0.4, -0.2) is 43.0 Å². The molecule has 22 heavy (non-hydrogen) atoms. The maximum absolute atomic E-state index is 12.1. The van der Waals surface area contributed by atoms with Gasteiger partial charge in [-0.05, 0) is 20.8 Å². The van der Waals surface area contributed by atoms with Gasteiger partial charge in [-0.15, -0.1) is 5.92 Å². The molecule has 1 unspecified atom stereocenters. The summed E-state index contributed by atoms with van der Waals surface area (Å²) in [6, 6.07) is 1.21. The lowest BCUT2D eigenvalue weighted by Gasteiger charge is -2.26. The van der Waals surface area contributed by atoms with E-state index >= 15 is 0 Å². The van der Waals surface area contributed by atoms with E-state index in [-0.39, 0.29) is 0 Å². The summed E-state index contributed by atoms with van der Waals surface area (Å²) in [6.45, 7) is 4.51. The molecule has 1 fully saturated rings.